The molecule has 4 heteroatoms. The van der Waals surface area contributed by atoms with Crippen molar-refractivity contribution in [3.63, 3.8) is 0 Å². The lowest BCUT2D eigenvalue weighted by Crippen LogP contribution is -2.42. The number of hydrogen-bond donors (Lipinski definition) is 1. The van der Waals surface area contributed by atoms with Crippen LogP contribution in [0.5, 0.6) is 0 Å². The van der Waals surface area contributed by atoms with Crippen LogP contribution in [-0.4, -0.2) is 42.4 Å². The molecule has 1 aliphatic rings. The van der Waals surface area contributed by atoms with Crippen LogP contribution in [-0.2, 0) is 11.3 Å². The Bertz CT molecular complexity index is 432. The molecular weight excluding hydrogens is 246 g/mol. The van der Waals surface area contributed by atoms with Crippen molar-refractivity contribution < 1.29 is 9.84 Å². The van der Waals surface area contributed by atoms with E-state index in [-0.39, 0.29) is 6.61 Å². The fourth-order valence-electron chi connectivity index (χ4n) is 1.95. The van der Waals surface area contributed by atoms with E-state index in [1.165, 1.54) is 4.88 Å². The van der Waals surface area contributed by atoms with Crippen LogP contribution in [0.2, 0.25) is 0 Å². The summed E-state index contributed by atoms with van der Waals surface area (Å²) >= 11 is 1.76. The molecule has 0 amide bonds. The van der Waals surface area contributed by atoms with Crippen molar-refractivity contribution in [1.82, 2.24) is 4.90 Å². The number of nitrogens with zero attached hydrogens (tertiary/aromatic N) is 1. The summed E-state index contributed by atoms with van der Waals surface area (Å²) in [6.45, 7) is 5.99. The maximum absolute atomic E-state index is 8.68. The Kier molecular flexibility index (Phi) is 5.21. The molecule has 2 heterocycles. The molecule has 0 radical (unpaired) electrons. The van der Waals surface area contributed by atoms with Gasteiger partial charge in [-0.25, -0.2) is 0 Å². The van der Waals surface area contributed by atoms with Crippen molar-refractivity contribution in [2.24, 2.45) is 0 Å². The number of thiophene rings is 1. The zero-order chi connectivity index (χ0) is 12.8. The summed E-state index contributed by atoms with van der Waals surface area (Å²) in [4.78, 5) is 3.79. The number of aliphatic hydroxyl groups excluding tert-OH is 1. The van der Waals surface area contributed by atoms with E-state index in [0.717, 1.165) is 31.9 Å². The van der Waals surface area contributed by atoms with Gasteiger partial charge in [-0.15, -0.1) is 11.3 Å². The van der Waals surface area contributed by atoms with E-state index in [1.807, 2.05) is 0 Å². The maximum atomic E-state index is 8.68. The summed E-state index contributed by atoms with van der Waals surface area (Å²) < 4.78 is 5.44. The predicted molar refractivity (Wildman–Crippen MR) is 73.6 cm³/mol. The van der Waals surface area contributed by atoms with Gasteiger partial charge in [-0.2, -0.15) is 0 Å². The Morgan fingerprint density at radius 2 is 2.50 bits per heavy atom. The van der Waals surface area contributed by atoms with Gasteiger partial charge in [0.25, 0.3) is 0 Å². The molecule has 1 N–H and O–H groups in total. The molecule has 1 fully saturated rings. The van der Waals surface area contributed by atoms with Crippen LogP contribution in [0.25, 0.3) is 0 Å². The second-order valence-corrected chi connectivity index (χ2v) is 5.47. The van der Waals surface area contributed by atoms with Gasteiger partial charge >= 0.3 is 0 Å². The normalized spacial score (nSPS) is 20.4. The van der Waals surface area contributed by atoms with Gasteiger partial charge < -0.3 is 9.84 Å². The first-order chi connectivity index (χ1) is 8.79. The van der Waals surface area contributed by atoms with Gasteiger partial charge in [0.15, 0.2) is 0 Å². The molecule has 3 nitrogen and oxygen atoms in total. The zero-order valence-electron chi connectivity index (χ0n) is 10.7. The molecule has 2 rings (SSSR count). The Labute approximate surface area is 112 Å². The average molecular weight is 265 g/mol. The molecule has 1 atom stereocenters. The summed E-state index contributed by atoms with van der Waals surface area (Å²) in [6.07, 6.45) is 0.547. The fourth-order valence-corrected chi connectivity index (χ4v) is 2.79. The van der Waals surface area contributed by atoms with Crippen molar-refractivity contribution in [3.05, 3.63) is 21.9 Å². The summed E-state index contributed by atoms with van der Waals surface area (Å²) in [6, 6.07) is 2.64. The largest absolute Gasteiger partial charge is 0.395 e. The first-order valence-electron chi connectivity index (χ1n) is 6.28. The molecule has 1 aromatic rings. The minimum Gasteiger partial charge on any atom is -0.395 e. The van der Waals surface area contributed by atoms with Crippen LogP contribution in [0.15, 0.2) is 11.4 Å². The van der Waals surface area contributed by atoms with Crippen LogP contribution in [0.4, 0.5) is 0 Å². The van der Waals surface area contributed by atoms with Crippen molar-refractivity contribution in [2.45, 2.75) is 25.9 Å². The molecule has 18 heavy (non-hydrogen) atoms. The van der Waals surface area contributed by atoms with E-state index < -0.39 is 0 Å². The summed E-state index contributed by atoms with van der Waals surface area (Å²) in [5, 5.41) is 10.8. The molecule has 0 aliphatic carbocycles. The number of rotatable bonds is 3. The van der Waals surface area contributed by atoms with Gasteiger partial charge in [0, 0.05) is 41.4 Å². The summed E-state index contributed by atoms with van der Waals surface area (Å²) in [5.74, 6) is 6.02. The highest BCUT2D eigenvalue weighted by atomic mass is 32.1. The Morgan fingerprint density at radius 3 is 3.28 bits per heavy atom. The average Bonchev–Trinajstić information content (AvgIpc) is 2.80. The summed E-state index contributed by atoms with van der Waals surface area (Å²) in [5.41, 5.74) is 1.06. The Balaban J connectivity index is 1.92. The molecule has 1 aromatic heterocycles. The van der Waals surface area contributed by atoms with Crippen molar-refractivity contribution in [2.75, 3.05) is 26.4 Å². The Hall–Kier alpha value is -0.860. The number of hydrogen-bond acceptors (Lipinski definition) is 4. The van der Waals surface area contributed by atoms with Gasteiger partial charge in [0.05, 0.1) is 19.8 Å². The van der Waals surface area contributed by atoms with Crippen molar-refractivity contribution in [1.29, 1.82) is 0 Å². The highest BCUT2D eigenvalue weighted by molar-refractivity contribution is 7.10. The SMILES string of the molecule is CC1COCCN1Cc1cc(C#CCCO)cs1. The zero-order valence-corrected chi connectivity index (χ0v) is 11.5. The second-order valence-electron chi connectivity index (χ2n) is 4.47. The monoisotopic (exact) mass is 265 g/mol. The third-order valence-corrected chi connectivity index (χ3v) is 3.91. The molecular formula is C14H19NO2S. The van der Waals surface area contributed by atoms with Crippen LogP contribution in [0.3, 0.4) is 0 Å². The molecule has 1 unspecified atom stereocenters. The third-order valence-electron chi connectivity index (χ3n) is 2.99. The molecule has 0 bridgehead atoms. The molecule has 1 aliphatic heterocycles. The molecule has 0 aromatic carbocycles. The van der Waals surface area contributed by atoms with Gasteiger partial charge in [0.2, 0.25) is 0 Å². The predicted octanol–water partition coefficient (Wildman–Crippen LogP) is 1.70. The lowest BCUT2D eigenvalue weighted by Gasteiger charge is -2.32. The van der Waals surface area contributed by atoms with Gasteiger partial charge in [-0.3, -0.25) is 4.90 Å². The van der Waals surface area contributed by atoms with Crippen LogP contribution in [0.1, 0.15) is 23.8 Å². The molecule has 0 spiro atoms. The first-order valence-corrected chi connectivity index (χ1v) is 7.16. The lowest BCUT2D eigenvalue weighted by atomic mass is 10.2. The molecule has 98 valence electrons. The summed E-state index contributed by atoms with van der Waals surface area (Å²) in [7, 11) is 0. The van der Waals surface area contributed by atoms with Crippen molar-refractivity contribution in [3.8, 4) is 11.8 Å². The van der Waals surface area contributed by atoms with E-state index in [9.17, 15) is 0 Å². The fraction of sp³-hybridized carbons (Fsp3) is 0.571. The first kappa shape index (κ1) is 13.6. The lowest BCUT2D eigenvalue weighted by molar-refractivity contribution is -0.00391. The molecule has 0 saturated carbocycles. The maximum Gasteiger partial charge on any atom is 0.0619 e. The van der Waals surface area contributed by atoms with Crippen LogP contribution >= 0.6 is 11.3 Å². The standard InChI is InChI=1S/C14H19NO2S/c1-12-10-17-7-5-15(12)9-14-8-13(11-18-14)4-2-3-6-16/h8,11-12,16H,3,5-7,9-10H2,1H3. The third kappa shape index (κ3) is 3.82. The van der Waals surface area contributed by atoms with Crippen molar-refractivity contribution >= 4 is 11.3 Å². The number of aliphatic hydroxyl groups is 1. The smallest absolute Gasteiger partial charge is 0.0619 e. The second kappa shape index (κ2) is 6.91. The van der Waals surface area contributed by atoms with Gasteiger partial charge in [-0.05, 0) is 13.0 Å². The van der Waals surface area contributed by atoms with E-state index >= 15 is 0 Å². The minimum absolute atomic E-state index is 0.134. The van der Waals surface area contributed by atoms with Crippen LogP contribution in [0, 0.1) is 11.8 Å². The topological polar surface area (TPSA) is 32.7 Å². The van der Waals surface area contributed by atoms with Gasteiger partial charge in [-0.1, -0.05) is 11.8 Å². The van der Waals surface area contributed by atoms with E-state index in [2.05, 4.69) is 35.1 Å². The quantitative estimate of drug-likeness (QED) is 0.844. The van der Waals surface area contributed by atoms with E-state index in [0.29, 0.717) is 12.5 Å². The highest BCUT2D eigenvalue weighted by Crippen LogP contribution is 2.18. The minimum atomic E-state index is 0.134. The number of ether oxygens (including phenoxy) is 1. The Morgan fingerprint density at radius 1 is 1.61 bits per heavy atom. The van der Waals surface area contributed by atoms with E-state index in [4.69, 9.17) is 9.84 Å². The van der Waals surface area contributed by atoms with E-state index in [1.54, 1.807) is 11.3 Å². The van der Waals surface area contributed by atoms with Crippen LogP contribution < -0.4 is 0 Å². The highest BCUT2D eigenvalue weighted by Gasteiger charge is 2.19. The van der Waals surface area contributed by atoms with Gasteiger partial charge in [0.1, 0.15) is 0 Å². The molecule has 1 saturated heterocycles. The number of morpholine rings is 1.